The molecule has 0 saturated carbocycles. The van der Waals surface area contributed by atoms with Gasteiger partial charge in [0.25, 0.3) is 0 Å². The summed E-state index contributed by atoms with van der Waals surface area (Å²) in [5, 5.41) is 0. The van der Waals surface area contributed by atoms with Gasteiger partial charge in [0.05, 0.1) is 6.26 Å². The second-order valence-corrected chi connectivity index (χ2v) is 3.59. The standard InChI is InChI=1S/C12H22O2/c1-3-4-5-6-7-8-9-10-14-11-12(2)13/h9-10H,3-8,11H2,1-2H3. The average Bonchev–Trinajstić information content (AvgIpc) is 2.15. The van der Waals surface area contributed by atoms with Crippen LogP contribution >= 0.6 is 0 Å². The van der Waals surface area contributed by atoms with Crippen molar-refractivity contribution in [1.82, 2.24) is 0 Å². The van der Waals surface area contributed by atoms with Crippen molar-refractivity contribution in [3.05, 3.63) is 12.3 Å². The zero-order valence-electron chi connectivity index (χ0n) is 9.42. The van der Waals surface area contributed by atoms with Crippen molar-refractivity contribution in [3.63, 3.8) is 0 Å². The number of hydrogen-bond acceptors (Lipinski definition) is 2. The molecule has 0 aromatic rings. The highest BCUT2D eigenvalue weighted by Gasteiger charge is 1.88. The van der Waals surface area contributed by atoms with Gasteiger partial charge in [0, 0.05) is 0 Å². The van der Waals surface area contributed by atoms with Gasteiger partial charge >= 0.3 is 0 Å². The molecule has 0 unspecified atom stereocenters. The van der Waals surface area contributed by atoms with Gasteiger partial charge in [-0.25, -0.2) is 0 Å². The lowest BCUT2D eigenvalue weighted by Crippen LogP contribution is -1.98. The predicted molar refractivity (Wildman–Crippen MR) is 59.1 cm³/mol. The molecule has 0 N–H and O–H groups in total. The van der Waals surface area contributed by atoms with Crippen molar-refractivity contribution in [3.8, 4) is 0 Å². The number of carbonyl (C=O) groups excluding carboxylic acids is 1. The molecule has 0 fully saturated rings. The number of hydrogen-bond donors (Lipinski definition) is 0. The minimum atomic E-state index is 0.0672. The molecule has 0 aliphatic heterocycles. The van der Waals surface area contributed by atoms with Crippen molar-refractivity contribution in [2.45, 2.75) is 52.4 Å². The maximum atomic E-state index is 10.5. The summed E-state index contributed by atoms with van der Waals surface area (Å²) >= 11 is 0. The summed E-state index contributed by atoms with van der Waals surface area (Å²) in [5.74, 6) is 0.0672. The van der Waals surface area contributed by atoms with E-state index in [9.17, 15) is 4.79 Å². The molecule has 0 spiro atoms. The lowest BCUT2D eigenvalue weighted by atomic mass is 10.1. The normalized spacial score (nSPS) is 10.7. The molecule has 0 atom stereocenters. The van der Waals surface area contributed by atoms with Crippen LogP contribution in [0, 0.1) is 0 Å². The Labute approximate surface area is 87.3 Å². The molecule has 2 nitrogen and oxygen atoms in total. The van der Waals surface area contributed by atoms with E-state index in [1.165, 1.54) is 39.0 Å². The smallest absolute Gasteiger partial charge is 0.167 e. The molecule has 0 aliphatic rings. The van der Waals surface area contributed by atoms with Crippen LogP contribution in [0.3, 0.4) is 0 Å². The molecule has 0 aliphatic carbocycles. The SMILES string of the molecule is CCCCCCCC=COCC(C)=O. The van der Waals surface area contributed by atoms with Gasteiger partial charge in [-0.15, -0.1) is 0 Å². The van der Waals surface area contributed by atoms with Crippen LogP contribution in [0.15, 0.2) is 12.3 Å². The number of carbonyl (C=O) groups is 1. The minimum Gasteiger partial charge on any atom is -0.494 e. The topological polar surface area (TPSA) is 26.3 Å². The van der Waals surface area contributed by atoms with E-state index in [0.29, 0.717) is 0 Å². The highest BCUT2D eigenvalue weighted by atomic mass is 16.5. The summed E-state index contributed by atoms with van der Waals surface area (Å²) < 4.78 is 4.99. The number of Topliss-reactive ketones (excluding diaryl/α,β-unsaturated/α-hetero) is 1. The number of rotatable bonds is 9. The zero-order valence-corrected chi connectivity index (χ0v) is 9.42. The van der Waals surface area contributed by atoms with Gasteiger partial charge in [0.15, 0.2) is 5.78 Å². The largest absolute Gasteiger partial charge is 0.494 e. The molecule has 0 aromatic heterocycles. The van der Waals surface area contributed by atoms with Crippen molar-refractivity contribution >= 4 is 5.78 Å². The molecule has 0 bridgehead atoms. The van der Waals surface area contributed by atoms with Crippen LogP contribution in [-0.2, 0) is 9.53 Å². The van der Waals surface area contributed by atoms with Crippen LogP contribution in [0.5, 0.6) is 0 Å². The van der Waals surface area contributed by atoms with Gasteiger partial charge in [-0.3, -0.25) is 4.79 Å². The molecule has 0 aromatic carbocycles. The summed E-state index contributed by atoms with van der Waals surface area (Å²) in [7, 11) is 0. The first-order chi connectivity index (χ1) is 6.77. The van der Waals surface area contributed by atoms with E-state index in [4.69, 9.17) is 4.74 Å². The Morgan fingerprint density at radius 1 is 1.21 bits per heavy atom. The molecule has 0 rings (SSSR count). The lowest BCUT2D eigenvalue weighted by molar-refractivity contribution is -0.119. The lowest BCUT2D eigenvalue weighted by Gasteiger charge is -1.97. The fourth-order valence-electron chi connectivity index (χ4n) is 1.17. The van der Waals surface area contributed by atoms with Crippen molar-refractivity contribution < 1.29 is 9.53 Å². The summed E-state index contributed by atoms with van der Waals surface area (Å²) in [5.41, 5.74) is 0. The number of ketones is 1. The Hall–Kier alpha value is -0.790. The molecular weight excluding hydrogens is 176 g/mol. The predicted octanol–water partition coefficient (Wildman–Crippen LogP) is 3.47. The fourth-order valence-corrected chi connectivity index (χ4v) is 1.17. The fraction of sp³-hybridized carbons (Fsp3) is 0.750. The quantitative estimate of drug-likeness (QED) is 0.419. The van der Waals surface area contributed by atoms with E-state index in [1.807, 2.05) is 6.08 Å². The van der Waals surface area contributed by atoms with Gasteiger partial charge in [-0.1, -0.05) is 32.6 Å². The summed E-state index contributed by atoms with van der Waals surface area (Å²) in [6, 6.07) is 0. The van der Waals surface area contributed by atoms with Gasteiger partial charge in [0.1, 0.15) is 6.61 Å². The highest BCUT2D eigenvalue weighted by Crippen LogP contribution is 2.05. The molecule has 82 valence electrons. The Kier molecular flexibility index (Phi) is 9.71. The molecule has 0 heterocycles. The Morgan fingerprint density at radius 2 is 1.93 bits per heavy atom. The molecule has 2 heteroatoms. The van der Waals surface area contributed by atoms with E-state index in [1.54, 1.807) is 6.26 Å². The Morgan fingerprint density at radius 3 is 2.57 bits per heavy atom. The van der Waals surface area contributed by atoms with Gasteiger partial charge in [-0.2, -0.15) is 0 Å². The Balaban J connectivity index is 3.07. The third kappa shape index (κ3) is 11.2. The van der Waals surface area contributed by atoms with Crippen LogP contribution in [-0.4, -0.2) is 12.4 Å². The average molecular weight is 198 g/mol. The monoisotopic (exact) mass is 198 g/mol. The van der Waals surface area contributed by atoms with E-state index in [0.717, 1.165) is 6.42 Å². The van der Waals surface area contributed by atoms with Crippen LogP contribution < -0.4 is 0 Å². The van der Waals surface area contributed by atoms with Crippen molar-refractivity contribution in [1.29, 1.82) is 0 Å². The third-order valence-electron chi connectivity index (χ3n) is 1.95. The first kappa shape index (κ1) is 13.2. The van der Waals surface area contributed by atoms with Gasteiger partial charge < -0.3 is 4.74 Å². The molecule has 0 radical (unpaired) electrons. The van der Waals surface area contributed by atoms with E-state index < -0.39 is 0 Å². The molecule has 0 saturated heterocycles. The number of allylic oxidation sites excluding steroid dienone is 1. The van der Waals surface area contributed by atoms with Gasteiger partial charge in [-0.05, 0) is 25.8 Å². The van der Waals surface area contributed by atoms with Gasteiger partial charge in [0.2, 0.25) is 0 Å². The second kappa shape index (κ2) is 10.3. The molecule has 0 amide bonds. The van der Waals surface area contributed by atoms with Crippen molar-refractivity contribution in [2.24, 2.45) is 0 Å². The molecular formula is C12H22O2. The summed E-state index contributed by atoms with van der Waals surface area (Å²) in [4.78, 5) is 10.5. The van der Waals surface area contributed by atoms with Crippen molar-refractivity contribution in [2.75, 3.05) is 6.61 Å². The van der Waals surface area contributed by atoms with Crippen LogP contribution in [0.1, 0.15) is 52.4 Å². The highest BCUT2D eigenvalue weighted by molar-refractivity contribution is 5.76. The maximum Gasteiger partial charge on any atom is 0.167 e. The summed E-state index contributed by atoms with van der Waals surface area (Å²) in [6.45, 7) is 3.94. The van der Waals surface area contributed by atoms with E-state index in [-0.39, 0.29) is 12.4 Å². The van der Waals surface area contributed by atoms with E-state index >= 15 is 0 Å². The van der Waals surface area contributed by atoms with E-state index in [2.05, 4.69) is 6.92 Å². The maximum absolute atomic E-state index is 10.5. The van der Waals surface area contributed by atoms with Crippen LogP contribution in [0.4, 0.5) is 0 Å². The van der Waals surface area contributed by atoms with Crippen LogP contribution in [0.25, 0.3) is 0 Å². The zero-order chi connectivity index (χ0) is 10.6. The first-order valence-electron chi connectivity index (χ1n) is 5.53. The third-order valence-corrected chi connectivity index (χ3v) is 1.95. The Bertz CT molecular complexity index is 162. The number of ether oxygens (including phenoxy) is 1. The first-order valence-corrected chi connectivity index (χ1v) is 5.53. The second-order valence-electron chi connectivity index (χ2n) is 3.59. The minimum absolute atomic E-state index is 0.0672. The molecule has 14 heavy (non-hydrogen) atoms. The van der Waals surface area contributed by atoms with Crippen LogP contribution in [0.2, 0.25) is 0 Å². The summed E-state index contributed by atoms with van der Waals surface area (Å²) in [6.07, 6.45) is 11.2. The number of unbranched alkanes of at least 4 members (excludes halogenated alkanes) is 5.